The molecule has 2 fully saturated rings. The number of nitrogens with zero attached hydrogens (tertiary/aromatic N) is 1. The van der Waals surface area contributed by atoms with Gasteiger partial charge in [-0.25, -0.2) is 13.8 Å². The maximum absolute atomic E-state index is 12.8. The van der Waals surface area contributed by atoms with Crippen LogP contribution < -0.4 is 5.32 Å². The summed E-state index contributed by atoms with van der Waals surface area (Å²) < 4.78 is 26.0. The van der Waals surface area contributed by atoms with Crippen molar-refractivity contribution in [2.24, 2.45) is 11.8 Å². The van der Waals surface area contributed by atoms with Gasteiger partial charge >= 0.3 is 0 Å². The van der Waals surface area contributed by atoms with E-state index in [-0.39, 0.29) is 5.56 Å². The minimum absolute atomic E-state index is 0.0119. The van der Waals surface area contributed by atoms with Crippen LogP contribution in [0.4, 0.5) is 14.6 Å². The topological polar surface area (TPSA) is 24.9 Å². The first-order valence-electron chi connectivity index (χ1n) is 6.35. The van der Waals surface area contributed by atoms with Gasteiger partial charge in [0.1, 0.15) is 5.82 Å². The fourth-order valence-electron chi connectivity index (χ4n) is 2.40. The Bertz CT molecular complexity index is 433. The molecule has 0 amide bonds. The molecule has 2 aliphatic rings. The van der Waals surface area contributed by atoms with E-state index in [0.717, 1.165) is 11.8 Å². The van der Waals surface area contributed by atoms with Gasteiger partial charge in [0.05, 0.1) is 0 Å². The van der Waals surface area contributed by atoms with Crippen LogP contribution in [0.5, 0.6) is 0 Å². The summed E-state index contributed by atoms with van der Waals surface area (Å²) in [5.41, 5.74) is 0.0119. The zero-order valence-corrected chi connectivity index (χ0v) is 11.5. The molecule has 2 saturated carbocycles. The maximum Gasteiger partial charge on any atom is 0.265 e. The van der Waals surface area contributed by atoms with Crippen LogP contribution in [0, 0.1) is 11.8 Å². The Hall–Kier alpha value is -0.710. The Morgan fingerprint density at radius 3 is 2.33 bits per heavy atom. The first kappa shape index (κ1) is 12.3. The van der Waals surface area contributed by atoms with Crippen LogP contribution in [0.3, 0.4) is 0 Å². The SMILES string of the molecule is FC(F)c1cc(NC(C2CC2)C2CC2)ncc1Br. The van der Waals surface area contributed by atoms with Gasteiger partial charge in [0.25, 0.3) is 6.43 Å². The number of nitrogens with one attached hydrogen (secondary N) is 1. The largest absolute Gasteiger partial charge is 0.367 e. The molecule has 1 aromatic heterocycles. The van der Waals surface area contributed by atoms with Crippen molar-refractivity contribution < 1.29 is 8.78 Å². The lowest BCUT2D eigenvalue weighted by molar-refractivity contribution is 0.150. The smallest absolute Gasteiger partial charge is 0.265 e. The van der Waals surface area contributed by atoms with Crippen LogP contribution in [0.1, 0.15) is 37.7 Å². The lowest BCUT2D eigenvalue weighted by Crippen LogP contribution is -2.24. The van der Waals surface area contributed by atoms with Crippen molar-refractivity contribution in [1.29, 1.82) is 0 Å². The molecule has 98 valence electrons. The number of aromatic nitrogens is 1. The second-order valence-corrected chi connectivity index (χ2v) is 6.09. The average molecular weight is 317 g/mol. The predicted octanol–water partition coefficient (Wildman–Crippen LogP) is 4.38. The second-order valence-electron chi connectivity index (χ2n) is 5.24. The van der Waals surface area contributed by atoms with Gasteiger partial charge in [0.2, 0.25) is 0 Å². The molecule has 0 bridgehead atoms. The van der Waals surface area contributed by atoms with E-state index in [1.807, 2.05) is 0 Å². The first-order chi connectivity index (χ1) is 8.65. The van der Waals surface area contributed by atoms with Crippen molar-refractivity contribution in [1.82, 2.24) is 4.98 Å². The molecule has 0 radical (unpaired) electrons. The highest BCUT2D eigenvalue weighted by molar-refractivity contribution is 9.10. The normalized spacial score (nSPS) is 19.6. The molecule has 0 unspecified atom stereocenters. The molecule has 0 spiro atoms. The Balaban J connectivity index is 1.76. The second kappa shape index (κ2) is 4.76. The van der Waals surface area contributed by atoms with Crippen molar-refractivity contribution in [3.05, 3.63) is 22.3 Å². The molecule has 2 nitrogen and oxygen atoms in total. The van der Waals surface area contributed by atoms with Gasteiger partial charge in [-0.3, -0.25) is 0 Å². The van der Waals surface area contributed by atoms with Crippen LogP contribution in [0.25, 0.3) is 0 Å². The number of anilines is 1. The van der Waals surface area contributed by atoms with E-state index < -0.39 is 6.43 Å². The van der Waals surface area contributed by atoms with Crippen LogP contribution in [0.2, 0.25) is 0 Å². The van der Waals surface area contributed by atoms with Gasteiger partial charge in [0, 0.05) is 22.3 Å². The van der Waals surface area contributed by atoms with Gasteiger partial charge in [0.15, 0.2) is 0 Å². The molecule has 0 aliphatic heterocycles. The molecular formula is C13H15BrF2N2. The van der Waals surface area contributed by atoms with E-state index in [9.17, 15) is 8.78 Å². The molecule has 1 N–H and O–H groups in total. The Morgan fingerprint density at radius 2 is 1.83 bits per heavy atom. The van der Waals surface area contributed by atoms with Crippen molar-refractivity contribution >= 4 is 21.7 Å². The summed E-state index contributed by atoms with van der Waals surface area (Å²) in [6, 6.07) is 1.90. The highest BCUT2D eigenvalue weighted by atomic mass is 79.9. The summed E-state index contributed by atoms with van der Waals surface area (Å²) in [6.07, 6.45) is 4.02. The highest BCUT2D eigenvalue weighted by Crippen LogP contribution is 2.45. The lowest BCUT2D eigenvalue weighted by Gasteiger charge is -2.19. The average Bonchev–Trinajstić information content (AvgIpc) is 3.20. The fraction of sp³-hybridized carbons (Fsp3) is 0.615. The zero-order valence-electron chi connectivity index (χ0n) is 9.87. The van der Waals surface area contributed by atoms with Crippen LogP contribution >= 0.6 is 15.9 Å². The molecular weight excluding hydrogens is 302 g/mol. The highest BCUT2D eigenvalue weighted by Gasteiger charge is 2.41. The summed E-state index contributed by atoms with van der Waals surface area (Å²) >= 11 is 3.11. The van der Waals surface area contributed by atoms with E-state index in [1.54, 1.807) is 0 Å². The van der Waals surface area contributed by atoms with E-state index in [2.05, 4.69) is 26.2 Å². The molecule has 2 aliphatic carbocycles. The standard InChI is InChI=1S/C13H15BrF2N2/c14-10-6-17-11(5-9(10)13(15)16)18-12(7-1-2-7)8-3-4-8/h5-8,12-13H,1-4H2,(H,17,18). The van der Waals surface area contributed by atoms with Gasteiger partial charge < -0.3 is 5.32 Å². The zero-order chi connectivity index (χ0) is 12.7. The summed E-state index contributed by atoms with van der Waals surface area (Å²) in [6.45, 7) is 0. The molecule has 5 heteroatoms. The molecule has 3 rings (SSSR count). The molecule has 18 heavy (non-hydrogen) atoms. The summed E-state index contributed by atoms with van der Waals surface area (Å²) in [5.74, 6) is 2.02. The number of hydrogen-bond donors (Lipinski definition) is 1. The minimum atomic E-state index is -2.47. The maximum atomic E-state index is 12.8. The third-order valence-corrected chi connectivity index (χ3v) is 4.36. The van der Waals surface area contributed by atoms with E-state index in [4.69, 9.17) is 0 Å². The molecule has 0 aromatic carbocycles. The van der Waals surface area contributed by atoms with Crippen LogP contribution in [-0.2, 0) is 0 Å². The Kier molecular flexibility index (Phi) is 3.26. The lowest BCUT2D eigenvalue weighted by atomic mass is 10.1. The number of halogens is 3. The van der Waals surface area contributed by atoms with Crippen LogP contribution in [-0.4, -0.2) is 11.0 Å². The monoisotopic (exact) mass is 316 g/mol. The summed E-state index contributed by atoms with van der Waals surface area (Å²) in [4.78, 5) is 4.19. The quantitative estimate of drug-likeness (QED) is 0.871. The van der Waals surface area contributed by atoms with Crippen molar-refractivity contribution in [3.8, 4) is 0 Å². The van der Waals surface area contributed by atoms with Crippen LogP contribution in [0.15, 0.2) is 16.7 Å². The van der Waals surface area contributed by atoms with Gasteiger partial charge in [-0.2, -0.15) is 0 Å². The third-order valence-electron chi connectivity index (χ3n) is 3.69. The number of alkyl halides is 2. The molecule has 0 saturated heterocycles. The molecule has 1 heterocycles. The van der Waals surface area contributed by atoms with Gasteiger partial charge in [-0.05, 0) is 59.5 Å². The van der Waals surface area contributed by atoms with Crippen molar-refractivity contribution in [2.75, 3.05) is 5.32 Å². The third kappa shape index (κ3) is 2.66. The minimum Gasteiger partial charge on any atom is -0.367 e. The van der Waals surface area contributed by atoms with Crippen molar-refractivity contribution in [2.45, 2.75) is 38.2 Å². The molecule has 1 aromatic rings. The number of rotatable bonds is 5. The van der Waals surface area contributed by atoms with E-state index >= 15 is 0 Å². The first-order valence-corrected chi connectivity index (χ1v) is 7.14. The fourth-order valence-corrected chi connectivity index (χ4v) is 2.79. The number of hydrogen-bond acceptors (Lipinski definition) is 2. The van der Waals surface area contributed by atoms with Gasteiger partial charge in [-0.1, -0.05) is 0 Å². The molecule has 0 atom stereocenters. The number of pyridine rings is 1. The Morgan fingerprint density at radius 1 is 1.22 bits per heavy atom. The summed E-state index contributed by atoms with van der Waals surface area (Å²) in [7, 11) is 0. The van der Waals surface area contributed by atoms with Crippen molar-refractivity contribution in [3.63, 3.8) is 0 Å². The van der Waals surface area contributed by atoms with Gasteiger partial charge in [-0.15, -0.1) is 0 Å². The summed E-state index contributed by atoms with van der Waals surface area (Å²) in [5, 5.41) is 3.36. The predicted molar refractivity (Wildman–Crippen MR) is 69.8 cm³/mol. The van der Waals surface area contributed by atoms with E-state index in [1.165, 1.54) is 37.9 Å². The Labute approximate surface area is 113 Å². The van der Waals surface area contributed by atoms with E-state index in [0.29, 0.717) is 16.3 Å².